The summed E-state index contributed by atoms with van der Waals surface area (Å²) in [6.45, 7) is 5.14. The van der Waals surface area contributed by atoms with E-state index in [4.69, 9.17) is 0 Å². The van der Waals surface area contributed by atoms with Crippen molar-refractivity contribution in [3.8, 4) is 11.5 Å². The number of nitrogens with zero attached hydrogens (tertiary/aromatic N) is 5. The molecule has 0 atom stereocenters. The number of hydrogen-bond acceptors (Lipinski definition) is 4. The first-order chi connectivity index (χ1) is 11.2. The molecule has 120 valence electrons. The van der Waals surface area contributed by atoms with E-state index >= 15 is 0 Å². The van der Waals surface area contributed by atoms with E-state index < -0.39 is 0 Å². The van der Waals surface area contributed by atoms with Crippen molar-refractivity contribution < 1.29 is 4.79 Å². The highest BCUT2D eigenvalue weighted by molar-refractivity contribution is 5.87. The number of imidazole rings is 1. The summed E-state index contributed by atoms with van der Waals surface area (Å²) in [5.74, 6) is 1.43. The predicted molar refractivity (Wildman–Crippen MR) is 87.4 cm³/mol. The Bertz CT molecular complexity index is 701. The van der Waals surface area contributed by atoms with Gasteiger partial charge in [0, 0.05) is 38.2 Å². The van der Waals surface area contributed by atoms with E-state index in [1.165, 1.54) is 6.08 Å². The topological polar surface area (TPSA) is 63.9 Å². The minimum absolute atomic E-state index is 0.0301. The Morgan fingerprint density at radius 2 is 2.13 bits per heavy atom. The highest BCUT2D eigenvalue weighted by Crippen LogP contribution is 2.22. The van der Waals surface area contributed by atoms with Crippen LogP contribution in [0.1, 0.15) is 18.5 Å². The second-order valence-corrected chi connectivity index (χ2v) is 5.93. The quantitative estimate of drug-likeness (QED) is 0.808. The van der Waals surface area contributed by atoms with Gasteiger partial charge in [-0.1, -0.05) is 6.58 Å². The van der Waals surface area contributed by atoms with Crippen LogP contribution in [-0.4, -0.2) is 43.4 Å². The molecule has 3 rings (SSSR count). The summed E-state index contributed by atoms with van der Waals surface area (Å²) < 4.78 is 1.95. The Kier molecular flexibility index (Phi) is 4.50. The van der Waals surface area contributed by atoms with Crippen LogP contribution in [0, 0.1) is 5.92 Å². The van der Waals surface area contributed by atoms with Crippen molar-refractivity contribution in [1.82, 2.24) is 24.4 Å². The summed E-state index contributed by atoms with van der Waals surface area (Å²) in [4.78, 5) is 26.5. The van der Waals surface area contributed by atoms with Crippen molar-refractivity contribution in [2.24, 2.45) is 13.0 Å². The molecule has 23 heavy (non-hydrogen) atoms. The largest absolute Gasteiger partial charge is 0.339 e. The van der Waals surface area contributed by atoms with Gasteiger partial charge in [-0.05, 0) is 37.3 Å². The number of carbonyl (C=O) groups is 1. The minimum Gasteiger partial charge on any atom is -0.339 e. The van der Waals surface area contributed by atoms with E-state index in [9.17, 15) is 4.79 Å². The third-order valence-corrected chi connectivity index (χ3v) is 4.37. The number of piperidine rings is 1. The summed E-state index contributed by atoms with van der Waals surface area (Å²) in [6, 6.07) is 2.02. The zero-order valence-corrected chi connectivity index (χ0v) is 13.4. The summed E-state index contributed by atoms with van der Waals surface area (Å²) in [7, 11) is 1.95. The van der Waals surface area contributed by atoms with Crippen molar-refractivity contribution in [3.05, 3.63) is 43.1 Å². The lowest BCUT2D eigenvalue weighted by atomic mass is 9.92. The average molecular weight is 311 g/mol. The maximum atomic E-state index is 11.6. The maximum Gasteiger partial charge on any atom is 0.245 e. The van der Waals surface area contributed by atoms with Crippen molar-refractivity contribution >= 4 is 5.91 Å². The zero-order valence-electron chi connectivity index (χ0n) is 13.4. The Hall–Kier alpha value is -2.50. The van der Waals surface area contributed by atoms with Gasteiger partial charge in [-0.15, -0.1) is 0 Å². The smallest absolute Gasteiger partial charge is 0.245 e. The van der Waals surface area contributed by atoms with E-state index in [1.54, 1.807) is 12.5 Å². The molecule has 6 heteroatoms. The molecule has 0 radical (unpaired) electrons. The van der Waals surface area contributed by atoms with Crippen LogP contribution in [0.3, 0.4) is 0 Å². The van der Waals surface area contributed by atoms with Crippen molar-refractivity contribution in [2.75, 3.05) is 13.1 Å². The van der Waals surface area contributed by atoms with Gasteiger partial charge in [0.15, 0.2) is 5.82 Å². The van der Waals surface area contributed by atoms with E-state index in [-0.39, 0.29) is 5.91 Å². The number of hydrogen-bond donors (Lipinski definition) is 0. The molecular weight excluding hydrogens is 290 g/mol. The lowest BCUT2D eigenvalue weighted by Gasteiger charge is -2.31. The van der Waals surface area contributed by atoms with Gasteiger partial charge >= 0.3 is 0 Å². The number of rotatable bonds is 4. The van der Waals surface area contributed by atoms with Gasteiger partial charge in [-0.25, -0.2) is 15.0 Å². The molecule has 0 saturated carbocycles. The standard InChI is InChI=1S/C17H21N5O/c1-3-16(23)22-7-4-13(5-8-22)10-14-11-15(20-12-19-14)17-18-6-9-21(17)2/h3,6,9,11-13H,1,4-5,7-8,10H2,2H3. The molecule has 3 heterocycles. The lowest BCUT2D eigenvalue weighted by Crippen LogP contribution is -2.37. The molecule has 0 N–H and O–H groups in total. The van der Waals surface area contributed by atoms with Crippen LogP contribution in [0.25, 0.3) is 11.5 Å². The van der Waals surface area contributed by atoms with E-state index in [1.807, 2.05) is 28.8 Å². The van der Waals surface area contributed by atoms with Crippen molar-refractivity contribution in [1.29, 1.82) is 0 Å². The van der Waals surface area contributed by atoms with Gasteiger partial charge in [0.2, 0.25) is 5.91 Å². The van der Waals surface area contributed by atoms with Crippen LogP contribution in [0.2, 0.25) is 0 Å². The molecule has 1 aliphatic heterocycles. The lowest BCUT2D eigenvalue weighted by molar-refractivity contribution is -0.127. The molecule has 1 fully saturated rings. The molecule has 0 unspecified atom stereocenters. The number of likely N-dealkylation sites (tertiary alicyclic amines) is 1. The molecule has 0 aliphatic carbocycles. The summed E-state index contributed by atoms with van der Waals surface area (Å²) >= 11 is 0. The van der Waals surface area contributed by atoms with E-state index in [0.29, 0.717) is 5.92 Å². The molecule has 0 aromatic carbocycles. The van der Waals surface area contributed by atoms with Crippen LogP contribution in [0.15, 0.2) is 37.4 Å². The summed E-state index contributed by atoms with van der Waals surface area (Å²) in [5.41, 5.74) is 1.88. The first kappa shape index (κ1) is 15.4. The first-order valence-electron chi connectivity index (χ1n) is 7.87. The van der Waals surface area contributed by atoms with Crippen LogP contribution in [-0.2, 0) is 18.3 Å². The number of carbonyl (C=O) groups excluding carboxylic acids is 1. The molecular formula is C17H21N5O. The van der Waals surface area contributed by atoms with Crippen LogP contribution >= 0.6 is 0 Å². The number of aryl methyl sites for hydroxylation is 1. The van der Waals surface area contributed by atoms with E-state index in [2.05, 4.69) is 21.5 Å². The molecule has 0 bridgehead atoms. The minimum atomic E-state index is 0.0301. The monoisotopic (exact) mass is 311 g/mol. The average Bonchev–Trinajstić information content (AvgIpc) is 3.01. The molecule has 0 spiro atoms. The second kappa shape index (κ2) is 6.73. The third kappa shape index (κ3) is 3.47. The van der Waals surface area contributed by atoms with Crippen molar-refractivity contribution in [3.63, 3.8) is 0 Å². The fraction of sp³-hybridized carbons (Fsp3) is 0.412. The summed E-state index contributed by atoms with van der Waals surface area (Å²) in [6.07, 6.45) is 9.59. The Morgan fingerprint density at radius 1 is 1.35 bits per heavy atom. The highest BCUT2D eigenvalue weighted by atomic mass is 16.2. The molecule has 6 nitrogen and oxygen atoms in total. The Labute approximate surface area is 135 Å². The number of amides is 1. The predicted octanol–water partition coefficient (Wildman–Crippen LogP) is 1.84. The van der Waals surface area contributed by atoms with Crippen molar-refractivity contribution in [2.45, 2.75) is 19.3 Å². The van der Waals surface area contributed by atoms with Crippen LogP contribution in [0.4, 0.5) is 0 Å². The van der Waals surface area contributed by atoms with Gasteiger partial charge in [0.1, 0.15) is 12.0 Å². The van der Waals surface area contributed by atoms with Gasteiger partial charge in [0.25, 0.3) is 0 Å². The molecule has 1 amide bonds. The molecule has 2 aromatic heterocycles. The molecule has 2 aromatic rings. The second-order valence-electron chi connectivity index (χ2n) is 5.93. The van der Waals surface area contributed by atoms with Gasteiger partial charge in [-0.3, -0.25) is 4.79 Å². The SMILES string of the molecule is C=CC(=O)N1CCC(Cc2cc(-c3nccn3C)ncn2)CC1. The zero-order chi connectivity index (χ0) is 16.2. The Balaban J connectivity index is 1.64. The van der Waals surface area contributed by atoms with Crippen LogP contribution < -0.4 is 0 Å². The van der Waals surface area contributed by atoms with Crippen LogP contribution in [0.5, 0.6) is 0 Å². The van der Waals surface area contributed by atoms with E-state index in [0.717, 1.165) is 49.6 Å². The van der Waals surface area contributed by atoms with Gasteiger partial charge in [-0.2, -0.15) is 0 Å². The normalized spacial score (nSPS) is 15.6. The highest BCUT2D eigenvalue weighted by Gasteiger charge is 2.22. The number of aromatic nitrogens is 4. The summed E-state index contributed by atoms with van der Waals surface area (Å²) in [5, 5.41) is 0. The third-order valence-electron chi connectivity index (χ3n) is 4.37. The fourth-order valence-corrected chi connectivity index (χ4v) is 3.03. The molecule has 1 aliphatic rings. The maximum absolute atomic E-state index is 11.6. The first-order valence-corrected chi connectivity index (χ1v) is 7.87. The fourth-order valence-electron chi connectivity index (χ4n) is 3.03. The van der Waals surface area contributed by atoms with Gasteiger partial charge < -0.3 is 9.47 Å². The molecule has 1 saturated heterocycles. The van der Waals surface area contributed by atoms with Gasteiger partial charge in [0.05, 0.1) is 0 Å². The Morgan fingerprint density at radius 3 is 2.78 bits per heavy atom.